The number of rotatable bonds is 19. The molecule has 0 saturated heterocycles. The second-order valence-corrected chi connectivity index (χ2v) is 18.1. The second-order valence-electron chi connectivity index (χ2n) is 18.1. The number of phenolic OH excluding ortho intramolecular Hbond substituents is 19. The molecule has 0 bridgehead atoms. The predicted octanol–water partition coefficient (Wildman–Crippen LogP) is 2.79. The molecule has 0 radical (unpaired) electrons. The molecule has 0 amide bonds. The van der Waals surface area contributed by atoms with Crippen LogP contribution in [-0.4, -0.2) is 176 Å². The van der Waals surface area contributed by atoms with E-state index in [4.69, 9.17) is 33.2 Å². The van der Waals surface area contributed by atoms with E-state index in [0.29, 0.717) is 84.9 Å². The molecule has 0 aliphatic rings. The molecule has 89 heavy (non-hydrogen) atoms. The summed E-state index contributed by atoms with van der Waals surface area (Å²) in [6, 6.07) is 6.16. The van der Waals surface area contributed by atoms with Gasteiger partial charge in [0.25, 0.3) is 0 Å². The Balaban J connectivity index is 1.41. The van der Waals surface area contributed by atoms with Crippen LogP contribution in [0.15, 0.2) is 84.9 Å². The fraction of sp³-hybridized carbons (Fsp3) is 0.0909. The number of esters is 7. The van der Waals surface area contributed by atoms with Crippen LogP contribution in [0.3, 0.4) is 0 Å². The summed E-state index contributed by atoms with van der Waals surface area (Å²) < 4.78 is 37.6. The Labute approximate surface area is 491 Å². The molecule has 7 aromatic rings. The van der Waals surface area contributed by atoms with E-state index in [-0.39, 0.29) is 0 Å². The Kier molecular flexibility index (Phi) is 18.0. The SMILES string of the molecule is O=C[C@H](OC(=O)c1cc(O)c(OC(=O)c2cc(O)c(O)c(O)c2)c(OC(=O)c2cc(O)c(O)c(O)c2)c1)[C@@H](OC(=O)c1cc(O)c(O)c(O)c1)[C@H](OC(=O)c1cc(O)c(O)c(O)c1)[C@@H](COC(=O)c1cc(O)c(O)c(O)c1)OC(=O)c1cc(O)c(O)c(O)c1. The number of hydrogen-bond donors (Lipinski definition) is 19. The van der Waals surface area contributed by atoms with Gasteiger partial charge in [0.2, 0.25) is 5.75 Å². The van der Waals surface area contributed by atoms with Gasteiger partial charge in [-0.05, 0) is 84.9 Å². The average molecular weight is 1240 g/mol. The third kappa shape index (κ3) is 13.7. The number of carbonyl (C=O) groups is 8. The number of benzene rings is 7. The Bertz CT molecular complexity index is 3940. The van der Waals surface area contributed by atoms with E-state index in [2.05, 4.69) is 0 Å². The van der Waals surface area contributed by atoms with Crippen LogP contribution in [0.25, 0.3) is 0 Å². The molecule has 0 fully saturated rings. The molecule has 7 rings (SSSR count). The van der Waals surface area contributed by atoms with Gasteiger partial charge in [0.15, 0.2) is 146 Å². The van der Waals surface area contributed by atoms with Crippen LogP contribution in [0.5, 0.6) is 121 Å². The van der Waals surface area contributed by atoms with Gasteiger partial charge >= 0.3 is 41.8 Å². The van der Waals surface area contributed by atoms with Gasteiger partial charge in [0.05, 0.1) is 38.9 Å². The highest BCUT2D eigenvalue weighted by molar-refractivity contribution is 5.98. The maximum absolute atomic E-state index is 14.5. The van der Waals surface area contributed by atoms with Gasteiger partial charge in [0.1, 0.15) is 6.61 Å². The Morgan fingerprint density at radius 3 is 0.899 bits per heavy atom. The van der Waals surface area contributed by atoms with Crippen molar-refractivity contribution in [2.75, 3.05) is 6.61 Å². The fourth-order valence-electron chi connectivity index (χ4n) is 7.59. The van der Waals surface area contributed by atoms with E-state index in [1.54, 1.807) is 0 Å². The Hall–Kier alpha value is -13.3. The highest BCUT2D eigenvalue weighted by atomic mass is 16.6. The third-order valence-electron chi connectivity index (χ3n) is 12.0. The normalized spacial score (nSPS) is 12.2. The molecule has 0 aliphatic carbocycles. The Morgan fingerprint density at radius 2 is 0.562 bits per heavy atom. The summed E-state index contributed by atoms with van der Waals surface area (Å²) in [6.45, 7) is -1.65. The topological polar surface area (TPSA) is 586 Å². The zero-order valence-corrected chi connectivity index (χ0v) is 43.8. The quantitative estimate of drug-likeness (QED) is 0.0182. The lowest BCUT2D eigenvalue weighted by molar-refractivity contribution is -0.143. The predicted molar refractivity (Wildman–Crippen MR) is 280 cm³/mol. The molecule has 0 heterocycles. The van der Waals surface area contributed by atoms with Gasteiger partial charge in [-0.3, -0.25) is 4.79 Å². The summed E-state index contributed by atoms with van der Waals surface area (Å²) in [5.41, 5.74) is -6.66. The van der Waals surface area contributed by atoms with E-state index >= 15 is 0 Å². The number of carbonyl (C=O) groups excluding carboxylic acids is 8. The maximum Gasteiger partial charge on any atom is 0.344 e. The molecule has 34 nitrogen and oxygen atoms in total. The first kappa shape index (κ1) is 63.3. The van der Waals surface area contributed by atoms with Crippen molar-refractivity contribution in [3.63, 3.8) is 0 Å². The molecule has 7 aromatic carbocycles. The van der Waals surface area contributed by atoms with E-state index in [1.807, 2.05) is 0 Å². The van der Waals surface area contributed by atoms with Gasteiger partial charge in [0, 0.05) is 0 Å². The number of aldehydes is 1. The molecule has 0 aliphatic heterocycles. The monoisotopic (exact) mass is 1240 g/mol. The first-order chi connectivity index (χ1) is 41.8. The highest BCUT2D eigenvalue weighted by Crippen LogP contribution is 2.44. The molecule has 0 aromatic heterocycles. The first-order valence-corrected chi connectivity index (χ1v) is 24.1. The van der Waals surface area contributed by atoms with Gasteiger partial charge in [-0.25, -0.2) is 33.6 Å². The lowest BCUT2D eigenvalue weighted by Gasteiger charge is -2.34. The molecule has 4 atom stereocenters. The number of hydrogen-bond acceptors (Lipinski definition) is 34. The van der Waals surface area contributed by atoms with Gasteiger partial charge in [-0.2, -0.15) is 0 Å². The van der Waals surface area contributed by atoms with Crippen molar-refractivity contribution in [3.8, 4) is 121 Å². The lowest BCUT2D eigenvalue weighted by atomic mass is 10.0. The average Bonchev–Trinajstić information content (AvgIpc) is 1.01. The van der Waals surface area contributed by atoms with Crippen LogP contribution >= 0.6 is 0 Å². The summed E-state index contributed by atoms with van der Waals surface area (Å²) >= 11 is 0. The molecule has 34 heteroatoms. The van der Waals surface area contributed by atoms with Crippen molar-refractivity contribution < 1.29 is 169 Å². The number of ether oxygens (including phenoxy) is 7. The molecule has 19 N–H and O–H groups in total. The molecule has 0 unspecified atom stereocenters. The smallest absolute Gasteiger partial charge is 0.344 e. The van der Waals surface area contributed by atoms with E-state index in [9.17, 15) is 135 Å². The van der Waals surface area contributed by atoms with Crippen molar-refractivity contribution in [2.24, 2.45) is 0 Å². The minimum absolute atomic E-state index is 0.323. The number of phenols is 19. The van der Waals surface area contributed by atoms with E-state index in [1.165, 1.54) is 0 Å². The summed E-state index contributed by atoms with van der Waals surface area (Å²) in [5, 5.41) is 194. The van der Waals surface area contributed by atoms with E-state index in [0.717, 1.165) is 0 Å². The van der Waals surface area contributed by atoms with Crippen LogP contribution in [0.1, 0.15) is 72.5 Å². The maximum atomic E-state index is 14.5. The van der Waals surface area contributed by atoms with Crippen LogP contribution in [-0.2, 0) is 28.5 Å². The first-order valence-electron chi connectivity index (χ1n) is 24.1. The minimum atomic E-state index is -3.05. The fourth-order valence-corrected chi connectivity index (χ4v) is 7.59. The largest absolute Gasteiger partial charge is 0.504 e. The van der Waals surface area contributed by atoms with Crippen molar-refractivity contribution in [3.05, 3.63) is 124 Å². The summed E-state index contributed by atoms with van der Waals surface area (Å²) in [5.74, 6) is -38.2. The molecular formula is C55H40O34. The van der Waals surface area contributed by atoms with Crippen molar-refractivity contribution in [1.29, 1.82) is 0 Å². The summed E-state index contributed by atoms with van der Waals surface area (Å²) in [7, 11) is 0. The van der Waals surface area contributed by atoms with Crippen molar-refractivity contribution in [2.45, 2.75) is 24.4 Å². The summed E-state index contributed by atoms with van der Waals surface area (Å²) in [6.07, 6.45) is -12.3. The van der Waals surface area contributed by atoms with Crippen LogP contribution in [0.2, 0.25) is 0 Å². The van der Waals surface area contributed by atoms with Crippen LogP contribution < -0.4 is 9.47 Å². The van der Waals surface area contributed by atoms with Gasteiger partial charge in [-0.1, -0.05) is 0 Å². The zero-order chi connectivity index (χ0) is 65.8. The third-order valence-corrected chi connectivity index (χ3v) is 12.0. The highest BCUT2D eigenvalue weighted by Gasteiger charge is 2.46. The van der Waals surface area contributed by atoms with Crippen LogP contribution in [0, 0.1) is 0 Å². The lowest BCUT2D eigenvalue weighted by Crippen LogP contribution is -2.54. The second kappa shape index (κ2) is 25.3. The van der Waals surface area contributed by atoms with Crippen LogP contribution in [0.4, 0.5) is 0 Å². The van der Waals surface area contributed by atoms with E-state index < -0.39 is 239 Å². The molecular weight excluding hydrogens is 1200 g/mol. The van der Waals surface area contributed by atoms with Gasteiger partial charge < -0.3 is 130 Å². The summed E-state index contributed by atoms with van der Waals surface area (Å²) in [4.78, 5) is 111. The standard InChI is InChI=1S/C55H40O34/c56-15-38(85-52(79)23-13-36(69)46(87-53(80)20-7-30(63)43(73)31(64)8-20)37(14-23)84-50(77)18-3-26(59)41(71)27(60)4-18)47(88-54(81)21-9-32(65)44(74)33(66)10-21)48(89-55(82)22-11-34(67)45(75)35(68)12-22)39(86-51(78)19-5-28(61)42(72)29(62)6-19)16-83-49(76)17-1-24(57)40(70)25(58)2-17/h1-15,38-39,47-48,57-75H,16H2/t38-,39+,47+,48+/m0/s1. The van der Waals surface area contributed by atoms with Gasteiger partial charge in [-0.15, -0.1) is 0 Å². The van der Waals surface area contributed by atoms with Crippen molar-refractivity contribution >= 4 is 48.1 Å². The molecule has 0 spiro atoms. The molecule has 0 saturated carbocycles. The Morgan fingerprint density at radius 1 is 0.303 bits per heavy atom. The zero-order valence-electron chi connectivity index (χ0n) is 43.8. The molecule has 464 valence electrons. The van der Waals surface area contributed by atoms with Crippen molar-refractivity contribution in [1.82, 2.24) is 0 Å². The number of aromatic hydroxyl groups is 19. The minimum Gasteiger partial charge on any atom is -0.504 e.